The highest BCUT2D eigenvalue weighted by Crippen LogP contribution is 2.52. The first-order valence-electron chi connectivity index (χ1n) is 11.6. The zero-order valence-electron chi connectivity index (χ0n) is 22.2. The number of rotatable bonds is 11. The van der Waals surface area contributed by atoms with Crippen molar-refractivity contribution >= 4 is 29.7 Å². The standard InChI is InChI=1S/C23H36NO10PS/c1-14(2)18-10-17(30-12-20(25)32-23(7,8)9)11-19-21(18)22(26)24(36(19,28)29)13-31-35(27,33-15(3)4)34-16(5)6/h10-11,14-16H,12-13H2,1-9H3. The molecule has 0 spiro atoms. The molecule has 0 bridgehead atoms. The van der Waals surface area contributed by atoms with Crippen LogP contribution in [0.1, 0.15) is 84.2 Å². The van der Waals surface area contributed by atoms with E-state index in [-0.39, 0.29) is 22.1 Å². The van der Waals surface area contributed by atoms with Crippen molar-refractivity contribution in [3.05, 3.63) is 23.3 Å². The van der Waals surface area contributed by atoms with Gasteiger partial charge in [0.25, 0.3) is 15.9 Å². The van der Waals surface area contributed by atoms with Crippen LogP contribution in [0.2, 0.25) is 0 Å². The Labute approximate surface area is 213 Å². The third kappa shape index (κ3) is 7.52. The highest BCUT2D eigenvalue weighted by atomic mass is 32.2. The predicted octanol–water partition coefficient (Wildman–Crippen LogP) is 4.61. The van der Waals surface area contributed by atoms with Gasteiger partial charge in [-0.05, 0) is 66.0 Å². The number of hydrogen-bond acceptors (Lipinski definition) is 10. The molecule has 1 aliphatic heterocycles. The second-order valence-corrected chi connectivity index (χ2v) is 13.5. The van der Waals surface area contributed by atoms with Crippen LogP contribution in [-0.4, -0.2) is 55.7 Å². The highest BCUT2D eigenvalue weighted by molar-refractivity contribution is 7.90. The molecule has 1 amide bonds. The van der Waals surface area contributed by atoms with Gasteiger partial charge in [0.2, 0.25) is 0 Å². The van der Waals surface area contributed by atoms with Crippen LogP contribution in [0.3, 0.4) is 0 Å². The van der Waals surface area contributed by atoms with Crippen LogP contribution in [0, 0.1) is 0 Å². The van der Waals surface area contributed by atoms with Gasteiger partial charge in [-0.2, -0.15) is 0 Å². The Morgan fingerprint density at radius 1 is 1.03 bits per heavy atom. The number of ether oxygens (including phenoxy) is 2. The van der Waals surface area contributed by atoms with Gasteiger partial charge in [0, 0.05) is 6.07 Å². The summed E-state index contributed by atoms with van der Waals surface area (Å²) < 4.78 is 66.6. The van der Waals surface area contributed by atoms with Crippen molar-refractivity contribution in [3.8, 4) is 5.75 Å². The molecule has 0 aromatic heterocycles. The zero-order chi connectivity index (χ0) is 27.6. The van der Waals surface area contributed by atoms with Gasteiger partial charge >= 0.3 is 13.8 Å². The molecule has 0 fully saturated rings. The Morgan fingerprint density at radius 2 is 1.58 bits per heavy atom. The maximum atomic E-state index is 13.3. The number of carbonyl (C=O) groups excluding carboxylic acids is 2. The molecule has 0 N–H and O–H groups in total. The molecule has 1 aromatic rings. The minimum absolute atomic E-state index is 0.0393. The molecule has 0 aliphatic carbocycles. The van der Waals surface area contributed by atoms with Crippen molar-refractivity contribution in [2.24, 2.45) is 0 Å². The van der Waals surface area contributed by atoms with Gasteiger partial charge in [0.05, 0.1) is 17.8 Å². The first-order chi connectivity index (χ1) is 16.4. The molecule has 0 saturated carbocycles. The quantitative estimate of drug-likeness (QED) is 0.284. The first kappa shape index (κ1) is 30.2. The number of fused-ring (bicyclic) bond motifs is 1. The molecule has 1 aromatic carbocycles. The second-order valence-electron chi connectivity index (χ2n) is 10.1. The van der Waals surface area contributed by atoms with E-state index in [0.29, 0.717) is 9.87 Å². The monoisotopic (exact) mass is 549 g/mol. The van der Waals surface area contributed by atoms with Crippen LogP contribution in [0.15, 0.2) is 17.0 Å². The fourth-order valence-electron chi connectivity index (χ4n) is 3.30. The molecule has 0 radical (unpaired) electrons. The molecule has 1 heterocycles. The minimum atomic E-state index is -4.39. The lowest BCUT2D eigenvalue weighted by atomic mass is 9.96. The van der Waals surface area contributed by atoms with Crippen molar-refractivity contribution in [3.63, 3.8) is 0 Å². The van der Waals surface area contributed by atoms with Crippen molar-refractivity contribution in [1.29, 1.82) is 0 Å². The molecular weight excluding hydrogens is 513 g/mol. The number of nitrogens with zero attached hydrogens (tertiary/aromatic N) is 1. The van der Waals surface area contributed by atoms with Crippen molar-refractivity contribution in [2.45, 2.75) is 90.9 Å². The summed E-state index contributed by atoms with van der Waals surface area (Å²) in [6.45, 7) is 13.8. The van der Waals surface area contributed by atoms with E-state index in [1.807, 2.05) is 0 Å². The summed E-state index contributed by atoms with van der Waals surface area (Å²) in [4.78, 5) is 25.0. The number of phosphoric ester groups is 1. The first-order valence-corrected chi connectivity index (χ1v) is 14.5. The Bertz CT molecular complexity index is 1120. The molecule has 204 valence electrons. The van der Waals surface area contributed by atoms with E-state index in [9.17, 15) is 22.6 Å². The van der Waals surface area contributed by atoms with Crippen LogP contribution < -0.4 is 4.74 Å². The smallest absolute Gasteiger partial charge is 0.477 e. The Hall–Kier alpha value is -1.98. The van der Waals surface area contributed by atoms with E-state index in [1.54, 1.807) is 62.3 Å². The largest absolute Gasteiger partial charge is 0.482 e. The summed E-state index contributed by atoms with van der Waals surface area (Å²) in [5.74, 6) is -1.65. The number of benzene rings is 1. The van der Waals surface area contributed by atoms with Crippen LogP contribution in [0.25, 0.3) is 0 Å². The number of amides is 1. The summed E-state index contributed by atoms with van der Waals surface area (Å²) in [5, 5.41) is 0. The predicted molar refractivity (Wildman–Crippen MR) is 131 cm³/mol. The summed E-state index contributed by atoms with van der Waals surface area (Å²) in [6, 6.07) is 2.69. The normalized spacial score (nSPS) is 15.7. The maximum absolute atomic E-state index is 13.3. The van der Waals surface area contributed by atoms with Crippen LogP contribution >= 0.6 is 7.82 Å². The number of sulfonamides is 1. The number of carbonyl (C=O) groups is 2. The summed E-state index contributed by atoms with van der Waals surface area (Å²) >= 11 is 0. The van der Waals surface area contributed by atoms with E-state index in [2.05, 4.69) is 0 Å². The minimum Gasteiger partial charge on any atom is -0.482 e. The number of hydrogen-bond donors (Lipinski definition) is 0. The molecule has 13 heteroatoms. The molecule has 36 heavy (non-hydrogen) atoms. The van der Waals surface area contributed by atoms with Crippen LogP contribution in [0.4, 0.5) is 0 Å². The van der Waals surface area contributed by atoms with E-state index < -0.39 is 60.9 Å². The third-order valence-corrected chi connectivity index (χ3v) is 8.05. The third-order valence-electron chi connectivity index (χ3n) is 4.53. The fourth-order valence-corrected chi connectivity index (χ4v) is 6.31. The zero-order valence-corrected chi connectivity index (χ0v) is 23.9. The average Bonchev–Trinajstić information content (AvgIpc) is 2.87. The Kier molecular flexibility index (Phi) is 9.40. The van der Waals surface area contributed by atoms with Gasteiger partial charge in [-0.1, -0.05) is 13.8 Å². The highest BCUT2D eigenvalue weighted by Gasteiger charge is 2.45. The fraction of sp³-hybridized carbons (Fsp3) is 0.652. The summed E-state index contributed by atoms with van der Waals surface area (Å²) in [6.07, 6.45) is -1.09. The molecule has 0 atom stereocenters. The van der Waals surface area contributed by atoms with Crippen molar-refractivity contribution in [2.75, 3.05) is 13.3 Å². The topological polar surface area (TPSA) is 135 Å². The lowest BCUT2D eigenvalue weighted by Gasteiger charge is -2.24. The van der Waals surface area contributed by atoms with Crippen LogP contribution in [0.5, 0.6) is 5.75 Å². The number of esters is 1. The second kappa shape index (κ2) is 11.2. The molecular formula is C23H36NO10PS. The van der Waals surface area contributed by atoms with E-state index in [0.717, 1.165) is 0 Å². The molecule has 1 aliphatic rings. The number of phosphoric acid groups is 1. The van der Waals surface area contributed by atoms with E-state index in [4.69, 9.17) is 23.0 Å². The summed E-state index contributed by atoms with van der Waals surface area (Å²) in [7, 11) is -8.57. The molecule has 0 unspecified atom stereocenters. The lowest BCUT2D eigenvalue weighted by Crippen LogP contribution is -2.32. The average molecular weight is 550 g/mol. The van der Waals surface area contributed by atoms with E-state index in [1.165, 1.54) is 12.1 Å². The van der Waals surface area contributed by atoms with Crippen LogP contribution in [-0.2, 0) is 37.7 Å². The Morgan fingerprint density at radius 3 is 2.06 bits per heavy atom. The van der Waals surface area contributed by atoms with Gasteiger partial charge < -0.3 is 9.47 Å². The Balaban J connectivity index is 2.37. The van der Waals surface area contributed by atoms with Crippen molar-refractivity contribution in [1.82, 2.24) is 4.31 Å². The van der Waals surface area contributed by atoms with E-state index >= 15 is 0 Å². The van der Waals surface area contributed by atoms with Gasteiger partial charge in [-0.15, -0.1) is 0 Å². The van der Waals surface area contributed by atoms with Gasteiger partial charge in [-0.25, -0.2) is 22.1 Å². The van der Waals surface area contributed by atoms with Gasteiger partial charge in [0.15, 0.2) is 6.61 Å². The summed E-state index contributed by atoms with van der Waals surface area (Å²) in [5.41, 5.74) is -0.346. The maximum Gasteiger partial charge on any atom is 0.477 e. The van der Waals surface area contributed by atoms with Gasteiger partial charge in [0.1, 0.15) is 23.0 Å². The lowest BCUT2D eigenvalue weighted by molar-refractivity contribution is -0.157. The molecule has 0 saturated heterocycles. The SMILES string of the molecule is CC(C)OP(=O)(OCN1C(=O)c2c(C(C)C)cc(OCC(=O)OC(C)(C)C)cc2S1(=O)=O)OC(C)C. The molecule has 2 rings (SSSR count). The van der Waals surface area contributed by atoms with Crippen molar-refractivity contribution < 1.29 is 45.6 Å². The molecule has 11 nitrogen and oxygen atoms in total. The van der Waals surface area contributed by atoms with Gasteiger partial charge in [-0.3, -0.25) is 18.4 Å².